The largest absolute Gasteiger partial charge is 0.494 e. The van der Waals surface area contributed by atoms with Crippen molar-refractivity contribution in [3.8, 4) is 11.4 Å². The molecule has 0 spiro atoms. The van der Waals surface area contributed by atoms with Crippen LogP contribution in [0.4, 0.5) is 0 Å². The zero-order chi connectivity index (χ0) is 21.0. The van der Waals surface area contributed by atoms with Crippen LogP contribution in [0.3, 0.4) is 0 Å². The Kier molecular flexibility index (Phi) is 6.07. The molecule has 0 unspecified atom stereocenters. The number of rotatable bonds is 8. The fourth-order valence-corrected chi connectivity index (χ4v) is 4.95. The maximum Gasteiger partial charge on any atom is 0.243 e. The van der Waals surface area contributed by atoms with Gasteiger partial charge in [0.05, 0.1) is 18.1 Å². The molecule has 1 atom stereocenters. The molecule has 10 heteroatoms. The quantitative estimate of drug-likeness (QED) is 0.540. The second kappa shape index (κ2) is 8.90. The van der Waals surface area contributed by atoms with Crippen molar-refractivity contribution >= 4 is 10.0 Å². The lowest BCUT2D eigenvalue weighted by Crippen LogP contribution is -2.37. The molecule has 1 saturated heterocycles. The van der Waals surface area contributed by atoms with Crippen LogP contribution in [0.25, 0.3) is 5.69 Å². The highest BCUT2D eigenvalue weighted by atomic mass is 32.2. The Morgan fingerprint density at radius 2 is 2.07 bits per heavy atom. The van der Waals surface area contributed by atoms with Gasteiger partial charge in [-0.2, -0.15) is 8.99 Å². The first-order valence-corrected chi connectivity index (χ1v) is 11.1. The zero-order valence-electron chi connectivity index (χ0n) is 16.6. The summed E-state index contributed by atoms with van der Waals surface area (Å²) in [6.45, 7) is 1.23. The Labute approximate surface area is 175 Å². The average molecular weight is 430 g/mol. The van der Waals surface area contributed by atoms with E-state index in [0.717, 1.165) is 18.4 Å². The molecule has 1 aromatic heterocycles. The molecule has 1 aliphatic rings. The summed E-state index contributed by atoms with van der Waals surface area (Å²) in [5, 5.41) is 11.1. The minimum absolute atomic E-state index is 0.106. The molecule has 0 aliphatic carbocycles. The number of tetrazole rings is 1. The normalized spacial score (nSPS) is 16.8. The molecular formula is C20H23N5O4S. The predicted molar refractivity (Wildman–Crippen MR) is 109 cm³/mol. The highest BCUT2D eigenvalue weighted by Crippen LogP contribution is 2.29. The van der Waals surface area contributed by atoms with E-state index in [1.807, 2.05) is 30.3 Å². The van der Waals surface area contributed by atoms with Gasteiger partial charge in [-0.25, -0.2) is 8.42 Å². The van der Waals surface area contributed by atoms with Gasteiger partial charge in [0.15, 0.2) is 0 Å². The van der Waals surface area contributed by atoms with E-state index in [1.54, 1.807) is 12.1 Å². The number of benzene rings is 2. The Hall–Kier alpha value is -2.82. The van der Waals surface area contributed by atoms with Gasteiger partial charge in [-0.3, -0.25) is 0 Å². The van der Waals surface area contributed by atoms with Crippen LogP contribution in [0.15, 0.2) is 59.8 Å². The van der Waals surface area contributed by atoms with Gasteiger partial charge < -0.3 is 9.47 Å². The molecular weight excluding hydrogens is 406 g/mol. The maximum absolute atomic E-state index is 13.6. The number of methoxy groups -OCH3 is 1. The molecule has 0 N–H and O–H groups in total. The second-order valence-electron chi connectivity index (χ2n) is 7.01. The Morgan fingerprint density at radius 3 is 2.73 bits per heavy atom. The molecule has 30 heavy (non-hydrogen) atoms. The number of hydrogen-bond acceptors (Lipinski definition) is 7. The van der Waals surface area contributed by atoms with Crippen LogP contribution in [0.1, 0.15) is 18.4 Å². The van der Waals surface area contributed by atoms with Gasteiger partial charge in [-0.1, -0.05) is 30.3 Å². The third-order valence-electron chi connectivity index (χ3n) is 5.02. The van der Waals surface area contributed by atoms with Gasteiger partial charge in [-0.05, 0) is 41.0 Å². The first-order valence-electron chi connectivity index (χ1n) is 9.65. The fraction of sp³-hybridized carbons (Fsp3) is 0.350. The minimum atomic E-state index is -3.79. The smallest absolute Gasteiger partial charge is 0.243 e. The zero-order valence-corrected chi connectivity index (χ0v) is 17.4. The Bertz CT molecular complexity index is 1070. The number of aromatic nitrogens is 4. The van der Waals surface area contributed by atoms with Crippen LogP contribution in [0, 0.1) is 0 Å². The fourth-order valence-electron chi connectivity index (χ4n) is 3.48. The average Bonchev–Trinajstić information content (AvgIpc) is 3.48. The first kappa shape index (κ1) is 20.5. The van der Waals surface area contributed by atoms with Crippen LogP contribution < -0.4 is 4.74 Å². The summed E-state index contributed by atoms with van der Waals surface area (Å²) in [5.74, 6) is 0.361. The maximum atomic E-state index is 13.6. The van der Waals surface area contributed by atoms with E-state index in [2.05, 4.69) is 15.5 Å². The molecule has 0 bridgehead atoms. The van der Waals surface area contributed by atoms with Crippen LogP contribution in [-0.2, 0) is 21.3 Å². The van der Waals surface area contributed by atoms with Crippen molar-refractivity contribution in [1.29, 1.82) is 0 Å². The number of sulfonamides is 1. The van der Waals surface area contributed by atoms with Crippen molar-refractivity contribution < 1.29 is 17.9 Å². The van der Waals surface area contributed by atoms with Crippen molar-refractivity contribution in [1.82, 2.24) is 24.5 Å². The van der Waals surface area contributed by atoms with E-state index in [0.29, 0.717) is 24.6 Å². The molecule has 0 saturated carbocycles. The molecule has 2 aromatic carbocycles. The summed E-state index contributed by atoms with van der Waals surface area (Å²) >= 11 is 0. The third-order valence-corrected chi connectivity index (χ3v) is 6.83. The van der Waals surface area contributed by atoms with Crippen molar-refractivity contribution in [2.24, 2.45) is 0 Å². The van der Waals surface area contributed by atoms with Crippen molar-refractivity contribution in [3.05, 3.63) is 60.4 Å². The number of ether oxygens (including phenoxy) is 2. The number of hydrogen-bond donors (Lipinski definition) is 0. The first-order chi connectivity index (χ1) is 14.6. The van der Waals surface area contributed by atoms with Crippen molar-refractivity contribution in [3.63, 3.8) is 0 Å². The lowest BCUT2D eigenvalue weighted by Gasteiger charge is -2.25. The molecule has 0 radical (unpaired) electrons. The van der Waals surface area contributed by atoms with Crippen LogP contribution in [0.5, 0.6) is 5.75 Å². The molecule has 158 valence electrons. The van der Waals surface area contributed by atoms with E-state index in [4.69, 9.17) is 9.47 Å². The van der Waals surface area contributed by atoms with E-state index in [-0.39, 0.29) is 17.5 Å². The Balaban J connectivity index is 1.68. The highest BCUT2D eigenvalue weighted by Gasteiger charge is 2.30. The minimum Gasteiger partial charge on any atom is -0.494 e. The monoisotopic (exact) mass is 429 g/mol. The molecule has 2 heterocycles. The standard InChI is InChI=1S/C20H23N5O4S/c1-28-20-12-18(9-10-19(20)25-15-21-22-23-25)30(26,27)24(14-17-8-5-11-29-17)13-16-6-3-2-4-7-16/h2-4,6-7,9-10,12,15,17H,5,8,11,13-14H2,1H3/t17-/m0/s1. The van der Waals surface area contributed by atoms with E-state index in [1.165, 1.54) is 28.5 Å². The van der Waals surface area contributed by atoms with Gasteiger partial charge in [0, 0.05) is 25.8 Å². The second-order valence-corrected chi connectivity index (χ2v) is 8.94. The van der Waals surface area contributed by atoms with Gasteiger partial charge >= 0.3 is 0 Å². The number of nitrogens with zero attached hydrogens (tertiary/aromatic N) is 5. The van der Waals surface area contributed by atoms with Gasteiger partial charge in [0.25, 0.3) is 0 Å². The molecule has 1 aliphatic heterocycles. The topological polar surface area (TPSA) is 99.4 Å². The van der Waals surface area contributed by atoms with Crippen molar-refractivity contribution in [2.75, 3.05) is 20.3 Å². The summed E-state index contributed by atoms with van der Waals surface area (Å²) in [7, 11) is -2.31. The third kappa shape index (κ3) is 4.35. The van der Waals surface area contributed by atoms with Crippen LogP contribution in [-0.4, -0.2) is 59.3 Å². The summed E-state index contributed by atoms with van der Waals surface area (Å²) in [6.07, 6.45) is 3.11. The lowest BCUT2D eigenvalue weighted by atomic mass is 10.2. The lowest BCUT2D eigenvalue weighted by molar-refractivity contribution is 0.0926. The van der Waals surface area contributed by atoms with Gasteiger partial charge in [0.2, 0.25) is 10.0 Å². The van der Waals surface area contributed by atoms with Crippen LogP contribution in [0.2, 0.25) is 0 Å². The van der Waals surface area contributed by atoms with Gasteiger partial charge in [0.1, 0.15) is 17.8 Å². The van der Waals surface area contributed by atoms with E-state index < -0.39 is 10.0 Å². The summed E-state index contributed by atoms with van der Waals surface area (Å²) in [4.78, 5) is 0.144. The van der Waals surface area contributed by atoms with Crippen LogP contribution >= 0.6 is 0 Å². The molecule has 3 aromatic rings. The Morgan fingerprint density at radius 1 is 1.23 bits per heavy atom. The molecule has 0 amide bonds. The van der Waals surface area contributed by atoms with Crippen molar-refractivity contribution in [2.45, 2.75) is 30.4 Å². The highest BCUT2D eigenvalue weighted by molar-refractivity contribution is 7.89. The molecule has 4 rings (SSSR count). The van der Waals surface area contributed by atoms with E-state index >= 15 is 0 Å². The van der Waals surface area contributed by atoms with E-state index in [9.17, 15) is 8.42 Å². The summed E-state index contributed by atoms with van der Waals surface area (Å²) < 4.78 is 41.1. The molecule has 1 fully saturated rings. The van der Waals surface area contributed by atoms with Gasteiger partial charge in [-0.15, -0.1) is 5.10 Å². The summed E-state index contributed by atoms with van der Waals surface area (Å²) in [6, 6.07) is 14.2. The summed E-state index contributed by atoms with van der Waals surface area (Å²) in [5.41, 5.74) is 1.46. The molecule has 9 nitrogen and oxygen atoms in total. The SMILES string of the molecule is COc1cc(S(=O)(=O)N(Cc2ccccc2)C[C@@H]2CCCO2)ccc1-n1cnnn1. The predicted octanol–water partition coefficient (Wildman–Crippen LogP) is 2.04.